The Bertz CT molecular complexity index is 1120. The molecule has 0 fully saturated rings. The van der Waals surface area contributed by atoms with Crippen LogP contribution in [0, 0.1) is 5.82 Å². The molecule has 7 nitrogen and oxygen atoms in total. The van der Waals surface area contributed by atoms with E-state index in [1.807, 2.05) is 18.2 Å². The first-order valence-electron chi connectivity index (χ1n) is 8.91. The van der Waals surface area contributed by atoms with Gasteiger partial charge in [0.05, 0.1) is 29.6 Å². The number of benzene rings is 2. The molecule has 1 unspecified atom stereocenters. The van der Waals surface area contributed by atoms with Gasteiger partial charge >= 0.3 is 0 Å². The van der Waals surface area contributed by atoms with Crippen LogP contribution >= 0.6 is 11.6 Å². The summed E-state index contributed by atoms with van der Waals surface area (Å²) in [6.07, 6.45) is -0.231. The Labute approximate surface area is 169 Å². The number of aromatic nitrogens is 2. The lowest BCUT2D eigenvalue weighted by Gasteiger charge is -2.24. The van der Waals surface area contributed by atoms with E-state index in [1.54, 1.807) is 10.7 Å². The molecule has 0 radical (unpaired) electrons. The highest BCUT2D eigenvalue weighted by atomic mass is 35.5. The molecule has 0 saturated heterocycles. The fourth-order valence-corrected chi connectivity index (χ4v) is 3.50. The molecule has 2 aliphatic rings. The van der Waals surface area contributed by atoms with Crippen LogP contribution in [0.15, 0.2) is 42.5 Å². The second kappa shape index (κ2) is 7.06. The molecule has 29 heavy (non-hydrogen) atoms. The number of carbonyl (C=O) groups excluding carboxylic acids is 1. The lowest BCUT2D eigenvalue weighted by Crippen LogP contribution is -2.22. The van der Waals surface area contributed by atoms with Gasteiger partial charge in [0.25, 0.3) is 5.91 Å². The highest BCUT2D eigenvalue weighted by molar-refractivity contribution is 6.33. The quantitative estimate of drug-likeness (QED) is 0.701. The summed E-state index contributed by atoms with van der Waals surface area (Å²) in [6.45, 7) is 0.963. The van der Waals surface area contributed by atoms with Crippen molar-refractivity contribution >= 4 is 23.2 Å². The molecule has 0 aliphatic carbocycles. The van der Waals surface area contributed by atoms with E-state index < -0.39 is 11.7 Å². The van der Waals surface area contributed by atoms with Crippen LogP contribution in [0.1, 0.15) is 27.8 Å². The number of anilines is 1. The summed E-state index contributed by atoms with van der Waals surface area (Å²) in [5.74, 6) is 0.427. The van der Waals surface area contributed by atoms with Crippen molar-refractivity contribution in [3.8, 4) is 11.5 Å². The molecule has 148 valence electrons. The smallest absolute Gasteiger partial charge is 0.276 e. The third-order valence-electron chi connectivity index (χ3n) is 4.81. The van der Waals surface area contributed by atoms with Crippen LogP contribution in [0.4, 0.5) is 10.1 Å². The molecule has 2 aromatic carbocycles. The minimum atomic E-state index is -0.492. The molecular weight excluding hydrogens is 401 g/mol. The van der Waals surface area contributed by atoms with Gasteiger partial charge in [-0.25, -0.2) is 4.39 Å². The predicted molar refractivity (Wildman–Crippen MR) is 102 cm³/mol. The predicted octanol–water partition coefficient (Wildman–Crippen LogP) is 3.93. The molecule has 0 saturated carbocycles. The van der Waals surface area contributed by atoms with Gasteiger partial charge in [-0.3, -0.25) is 9.48 Å². The highest BCUT2D eigenvalue weighted by Crippen LogP contribution is 2.36. The molecule has 3 aromatic rings. The first-order chi connectivity index (χ1) is 14.1. The van der Waals surface area contributed by atoms with E-state index in [-0.39, 0.29) is 29.3 Å². The molecule has 3 heterocycles. The van der Waals surface area contributed by atoms with Crippen LogP contribution in [-0.4, -0.2) is 22.5 Å². The lowest BCUT2D eigenvalue weighted by molar-refractivity contribution is -0.00127. The summed E-state index contributed by atoms with van der Waals surface area (Å²) in [5, 5.41) is 7.21. The van der Waals surface area contributed by atoms with Gasteiger partial charge in [0.15, 0.2) is 17.2 Å². The fourth-order valence-electron chi connectivity index (χ4n) is 3.33. The highest BCUT2D eigenvalue weighted by Gasteiger charge is 2.26. The van der Waals surface area contributed by atoms with Crippen molar-refractivity contribution in [3.05, 3.63) is 70.3 Å². The van der Waals surface area contributed by atoms with Crippen molar-refractivity contribution in [1.82, 2.24) is 9.78 Å². The van der Waals surface area contributed by atoms with E-state index in [4.69, 9.17) is 25.8 Å². The van der Waals surface area contributed by atoms with E-state index in [1.165, 1.54) is 12.1 Å². The van der Waals surface area contributed by atoms with Gasteiger partial charge in [0.2, 0.25) is 6.79 Å². The Hall–Kier alpha value is -3.10. The number of rotatable bonds is 3. The molecule has 2 aliphatic heterocycles. The van der Waals surface area contributed by atoms with Crippen LogP contribution in [0.2, 0.25) is 5.02 Å². The molecule has 1 amide bonds. The van der Waals surface area contributed by atoms with Crippen molar-refractivity contribution in [1.29, 1.82) is 0 Å². The maximum Gasteiger partial charge on any atom is 0.276 e. The van der Waals surface area contributed by atoms with Crippen molar-refractivity contribution in [3.63, 3.8) is 0 Å². The molecule has 9 heteroatoms. The third kappa shape index (κ3) is 3.41. The van der Waals surface area contributed by atoms with Gasteiger partial charge in [-0.05, 0) is 42.0 Å². The van der Waals surface area contributed by atoms with E-state index >= 15 is 0 Å². The van der Waals surface area contributed by atoms with Crippen LogP contribution in [-0.2, 0) is 17.9 Å². The van der Waals surface area contributed by atoms with E-state index in [9.17, 15) is 9.18 Å². The standard InChI is InChI=1S/C20H15ClFN3O4/c21-14-3-2-12(22)6-15(14)23-20(26)16-7-13-9-27-19(8-25(13)24-16)11-1-4-17-18(5-11)29-10-28-17/h1-7,19H,8-10H2,(H,23,26). The summed E-state index contributed by atoms with van der Waals surface area (Å²) in [6, 6.07) is 11.1. The van der Waals surface area contributed by atoms with Crippen molar-refractivity contribution in [2.24, 2.45) is 0 Å². The first kappa shape index (κ1) is 18.0. The monoisotopic (exact) mass is 415 g/mol. The largest absolute Gasteiger partial charge is 0.454 e. The Kier molecular flexibility index (Phi) is 4.37. The van der Waals surface area contributed by atoms with E-state index in [2.05, 4.69) is 10.4 Å². The average molecular weight is 416 g/mol. The second-order valence-electron chi connectivity index (χ2n) is 6.69. The van der Waals surface area contributed by atoms with Crippen LogP contribution in [0.5, 0.6) is 11.5 Å². The summed E-state index contributed by atoms with van der Waals surface area (Å²) < 4.78 is 31.8. The Morgan fingerprint density at radius 1 is 1.17 bits per heavy atom. The van der Waals surface area contributed by atoms with Crippen molar-refractivity contribution < 1.29 is 23.4 Å². The van der Waals surface area contributed by atoms with Gasteiger partial charge in [-0.2, -0.15) is 5.10 Å². The van der Waals surface area contributed by atoms with Crippen LogP contribution < -0.4 is 14.8 Å². The van der Waals surface area contributed by atoms with Crippen molar-refractivity contribution in [2.75, 3.05) is 12.1 Å². The normalized spacial score (nSPS) is 17.1. The van der Waals surface area contributed by atoms with Gasteiger partial charge in [-0.1, -0.05) is 17.7 Å². The van der Waals surface area contributed by atoms with Crippen molar-refractivity contribution in [2.45, 2.75) is 19.3 Å². The van der Waals surface area contributed by atoms with Gasteiger partial charge < -0.3 is 19.5 Å². The zero-order valence-corrected chi connectivity index (χ0v) is 15.8. The Morgan fingerprint density at radius 2 is 2.03 bits per heavy atom. The minimum absolute atomic E-state index is 0.192. The number of nitrogens with zero attached hydrogens (tertiary/aromatic N) is 2. The second-order valence-corrected chi connectivity index (χ2v) is 7.10. The van der Waals surface area contributed by atoms with Gasteiger partial charge in [-0.15, -0.1) is 0 Å². The number of amides is 1. The Morgan fingerprint density at radius 3 is 2.93 bits per heavy atom. The SMILES string of the molecule is O=C(Nc1cc(F)ccc1Cl)c1cc2n(n1)CC(c1ccc3c(c1)OCO3)OC2. The topological polar surface area (TPSA) is 74.6 Å². The maximum absolute atomic E-state index is 13.4. The molecular formula is C20H15ClFN3O4. The average Bonchev–Trinajstić information content (AvgIpc) is 3.36. The summed E-state index contributed by atoms with van der Waals surface area (Å²) in [4.78, 5) is 12.5. The number of hydrogen-bond acceptors (Lipinski definition) is 5. The molecule has 0 spiro atoms. The number of halogens is 2. The molecule has 0 bridgehead atoms. The summed E-state index contributed by atoms with van der Waals surface area (Å²) >= 11 is 6.01. The minimum Gasteiger partial charge on any atom is -0.454 e. The van der Waals surface area contributed by atoms with Gasteiger partial charge in [0, 0.05) is 0 Å². The Balaban J connectivity index is 1.34. The van der Waals surface area contributed by atoms with E-state index in [0.717, 1.165) is 17.3 Å². The molecule has 1 N–H and O–H groups in total. The zero-order chi connectivity index (χ0) is 20.0. The number of nitrogens with one attached hydrogen (secondary N) is 1. The maximum atomic E-state index is 13.4. The summed E-state index contributed by atoms with van der Waals surface area (Å²) in [7, 11) is 0. The van der Waals surface area contributed by atoms with E-state index in [0.29, 0.717) is 24.7 Å². The fraction of sp³-hybridized carbons (Fsp3) is 0.200. The molecule has 1 atom stereocenters. The molecule has 1 aromatic heterocycles. The number of carbonyl (C=O) groups is 1. The van der Waals surface area contributed by atoms with Crippen LogP contribution in [0.3, 0.4) is 0 Å². The number of ether oxygens (including phenoxy) is 3. The molecule has 5 rings (SSSR count). The first-order valence-corrected chi connectivity index (χ1v) is 9.29. The third-order valence-corrected chi connectivity index (χ3v) is 5.14. The number of fused-ring (bicyclic) bond motifs is 2. The lowest BCUT2D eigenvalue weighted by atomic mass is 10.1. The zero-order valence-electron chi connectivity index (χ0n) is 15.0. The summed E-state index contributed by atoms with van der Waals surface area (Å²) in [5.41, 5.74) is 2.11. The van der Waals surface area contributed by atoms with Crippen LogP contribution in [0.25, 0.3) is 0 Å². The van der Waals surface area contributed by atoms with Gasteiger partial charge in [0.1, 0.15) is 11.9 Å². The number of hydrogen-bond donors (Lipinski definition) is 1.